The number of aliphatic hydroxyl groups is 2. The van der Waals surface area contributed by atoms with E-state index in [2.05, 4.69) is 20.8 Å². The van der Waals surface area contributed by atoms with Crippen LogP contribution in [0.3, 0.4) is 0 Å². The van der Waals surface area contributed by atoms with Gasteiger partial charge in [0.25, 0.3) is 0 Å². The molecule has 0 aromatic heterocycles. The number of carbonyl (C=O) groups excluding carboxylic acids is 2. The summed E-state index contributed by atoms with van der Waals surface area (Å²) in [7, 11) is 0. The minimum absolute atomic E-state index is 0.0104. The maximum atomic E-state index is 11.6. The van der Waals surface area contributed by atoms with E-state index in [0.717, 1.165) is 25.7 Å². The maximum absolute atomic E-state index is 11.6. The van der Waals surface area contributed by atoms with Gasteiger partial charge in [-0.25, -0.2) is 0 Å². The molecule has 1 unspecified atom stereocenters. The monoisotopic (exact) mass is 727 g/mol. The molecule has 0 saturated heterocycles. The van der Waals surface area contributed by atoms with E-state index in [0.29, 0.717) is 19.4 Å². The van der Waals surface area contributed by atoms with Crippen LogP contribution in [0.5, 0.6) is 0 Å². The summed E-state index contributed by atoms with van der Waals surface area (Å²) in [5.41, 5.74) is 0. The number of esters is 2. The summed E-state index contributed by atoms with van der Waals surface area (Å²) < 4.78 is 10.1. The van der Waals surface area contributed by atoms with Crippen LogP contribution in [0, 0.1) is 0 Å². The van der Waals surface area contributed by atoms with Gasteiger partial charge >= 0.3 is 11.9 Å². The van der Waals surface area contributed by atoms with E-state index in [9.17, 15) is 9.59 Å². The molecule has 6 nitrogen and oxygen atoms in total. The van der Waals surface area contributed by atoms with Crippen LogP contribution in [-0.4, -0.2) is 48.1 Å². The highest BCUT2D eigenvalue weighted by atomic mass is 16.5. The third-order valence-corrected chi connectivity index (χ3v) is 9.88. The fourth-order valence-corrected chi connectivity index (χ4v) is 6.38. The zero-order valence-electron chi connectivity index (χ0n) is 34.7. The lowest BCUT2D eigenvalue weighted by atomic mass is 10.0. The summed E-state index contributed by atoms with van der Waals surface area (Å²) >= 11 is 0. The van der Waals surface area contributed by atoms with E-state index in [4.69, 9.17) is 19.7 Å². The second-order valence-electron chi connectivity index (χ2n) is 15.2. The van der Waals surface area contributed by atoms with Crippen molar-refractivity contribution in [2.24, 2.45) is 0 Å². The molecule has 0 spiro atoms. The van der Waals surface area contributed by atoms with Gasteiger partial charge in [-0.1, -0.05) is 220 Å². The van der Waals surface area contributed by atoms with Crippen LogP contribution in [0.2, 0.25) is 0 Å². The lowest BCUT2D eigenvalue weighted by Gasteiger charge is -2.08. The van der Waals surface area contributed by atoms with Crippen LogP contribution in [0.4, 0.5) is 0 Å². The Morgan fingerprint density at radius 2 is 0.647 bits per heavy atom. The van der Waals surface area contributed by atoms with Gasteiger partial charge < -0.3 is 19.7 Å². The molecule has 0 aliphatic carbocycles. The van der Waals surface area contributed by atoms with Crippen LogP contribution < -0.4 is 0 Å². The summed E-state index contributed by atoms with van der Waals surface area (Å²) in [6, 6.07) is 0. The Balaban J connectivity index is 0. The van der Waals surface area contributed by atoms with E-state index >= 15 is 0 Å². The molecule has 0 heterocycles. The molecule has 0 fully saturated rings. The van der Waals surface area contributed by atoms with Gasteiger partial charge in [0.05, 0.1) is 13.2 Å². The van der Waals surface area contributed by atoms with Crippen LogP contribution in [0.1, 0.15) is 252 Å². The molecule has 0 bridgehead atoms. The van der Waals surface area contributed by atoms with Crippen molar-refractivity contribution < 1.29 is 29.3 Å². The average molecular weight is 727 g/mol. The number of ether oxygens (including phenoxy) is 2. The molecule has 0 rings (SSSR count). The normalized spacial score (nSPS) is 11.6. The van der Waals surface area contributed by atoms with Crippen molar-refractivity contribution in [2.45, 2.75) is 258 Å². The van der Waals surface area contributed by atoms with Crippen molar-refractivity contribution in [3.63, 3.8) is 0 Å². The van der Waals surface area contributed by atoms with Gasteiger partial charge in [0.1, 0.15) is 12.7 Å². The van der Waals surface area contributed by atoms with Crippen LogP contribution in [0.15, 0.2) is 0 Å². The summed E-state index contributed by atoms with van der Waals surface area (Å²) in [6.07, 6.45) is 44.7. The average Bonchev–Trinajstić information content (AvgIpc) is 3.14. The first-order chi connectivity index (χ1) is 25.0. The van der Waals surface area contributed by atoms with Crippen molar-refractivity contribution >= 4 is 11.9 Å². The Morgan fingerprint density at radius 1 is 0.392 bits per heavy atom. The highest BCUT2D eigenvalue weighted by Crippen LogP contribution is 2.15. The molecule has 1 atom stereocenters. The highest BCUT2D eigenvalue weighted by molar-refractivity contribution is 5.69. The molecule has 0 aliphatic heterocycles. The molecular formula is C45H90O6. The Kier molecular flexibility index (Phi) is 47.8. The van der Waals surface area contributed by atoms with Gasteiger partial charge in [0.15, 0.2) is 0 Å². The molecule has 0 aromatic rings. The third kappa shape index (κ3) is 48.9. The minimum Gasteiger partial charge on any atom is -0.466 e. The Hall–Kier alpha value is -1.14. The molecule has 2 N–H and O–H groups in total. The molecule has 306 valence electrons. The molecular weight excluding hydrogens is 636 g/mol. The zero-order chi connectivity index (χ0) is 37.7. The SMILES string of the molecule is CCCCCCCCCCCCCCCCCC(=O)OCC(O)CO.CCCCCCCCCCCCCCCCCC(=O)OCCCCCC. The predicted molar refractivity (Wildman–Crippen MR) is 218 cm³/mol. The summed E-state index contributed by atoms with van der Waals surface area (Å²) in [6.45, 7) is 6.89. The van der Waals surface area contributed by atoms with Gasteiger partial charge in [0.2, 0.25) is 0 Å². The summed E-state index contributed by atoms with van der Waals surface area (Å²) in [5.74, 6) is -0.265. The van der Waals surface area contributed by atoms with E-state index in [1.807, 2.05) is 0 Å². The number of hydrogen-bond donors (Lipinski definition) is 2. The first-order valence-corrected chi connectivity index (χ1v) is 22.6. The molecule has 51 heavy (non-hydrogen) atoms. The van der Waals surface area contributed by atoms with Gasteiger partial charge in [-0.3, -0.25) is 9.59 Å². The van der Waals surface area contributed by atoms with Crippen molar-refractivity contribution in [1.82, 2.24) is 0 Å². The number of carbonyl (C=O) groups is 2. The third-order valence-electron chi connectivity index (χ3n) is 9.88. The number of aliphatic hydroxyl groups excluding tert-OH is 2. The van der Waals surface area contributed by atoms with Crippen molar-refractivity contribution in [3.05, 3.63) is 0 Å². The molecule has 0 aromatic carbocycles. The van der Waals surface area contributed by atoms with Gasteiger partial charge in [-0.05, 0) is 19.3 Å². The lowest BCUT2D eigenvalue weighted by Crippen LogP contribution is -2.21. The molecule has 0 aliphatic rings. The van der Waals surface area contributed by atoms with E-state index in [1.165, 1.54) is 193 Å². The van der Waals surface area contributed by atoms with Crippen LogP contribution >= 0.6 is 0 Å². The lowest BCUT2D eigenvalue weighted by molar-refractivity contribution is -0.147. The standard InChI is InChI=1S/C24H48O2.C21H42O4/c1-3-5-7-9-10-11-12-13-14-15-16-17-18-19-20-22-24(25)26-23-21-8-6-4-2;1-2-3-4-5-6-7-8-9-10-11-12-13-14-15-16-17-21(24)25-19-20(23)18-22/h3-23H2,1-2H3;20,22-23H,2-19H2,1H3. The van der Waals surface area contributed by atoms with Gasteiger partial charge in [0, 0.05) is 12.8 Å². The van der Waals surface area contributed by atoms with Crippen LogP contribution in [0.25, 0.3) is 0 Å². The first-order valence-electron chi connectivity index (χ1n) is 22.6. The molecule has 0 amide bonds. The second-order valence-corrected chi connectivity index (χ2v) is 15.2. The van der Waals surface area contributed by atoms with Gasteiger partial charge in [-0.2, -0.15) is 0 Å². The quantitative estimate of drug-likeness (QED) is 0.0482. The number of rotatable bonds is 40. The fraction of sp³-hybridized carbons (Fsp3) is 0.956. The largest absolute Gasteiger partial charge is 0.466 e. The Labute approximate surface area is 318 Å². The Bertz CT molecular complexity index is 669. The first kappa shape index (κ1) is 52.0. The second kappa shape index (κ2) is 46.9. The van der Waals surface area contributed by atoms with Crippen molar-refractivity contribution in [3.8, 4) is 0 Å². The van der Waals surface area contributed by atoms with E-state index in [1.54, 1.807) is 0 Å². The topological polar surface area (TPSA) is 93.1 Å². The summed E-state index contributed by atoms with van der Waals surface area (Å²) in [5, 5.41) is 17.7. The van der Waals surface area contributed by atoms with E-state index in [-0.39, 0.29) is 25.2 Å². The van der Waals surface area contributed by atoms with Crippen molar-refractivity contribution in [1.29, 1.82) is 0 Å². The molecule has 0 saturated carbocycles. The van der Waals surface area contributed by atoms with Crippen LogP contribution in [-0.2, 0) is 19.1 Å². The van der Waals surface area contributed by atoms with Gasteiger partial charge in [-0.15, -0.1) is 0 Å². The smallest absolute Gasteiger partial charge is 0.305 e. The number of hydrogen-bond acceptors (Lipinski definition) is 6. The van der Waals surface area contributed by atoms with Crippen molar-refractivity contribution in [2.75, 3.05) is 19.8 Å². The highest BCUT2D eigenvalue weighted by Gasteiger charge is 2.07. The minimum atomic E-state index is -0.954. The fourth-order valence-electron chi connectivity index (χ4n) is 6.38. The van der Waals surface area contributed by atoms with E-state index < -0.39 is 6.10 Å². The zero-order valence-corrected chi connectivity index (χ0v) is 34.7. The Morgan fingerprint density at radius 3 is 0.941 bits per heavy atom. The predicted octanol–water partition coefficient (Wildman–Crippen LogP) is 13.5. The molecule has 0 radical (unpaired) electrons. The molecule has 6 heteroatoms. The number of unbranched alkanes of at least 4 members (excludes halogenated alkanes) is 31. The summed E-state index contributed by atoms with van der Waals surface area (Å²) in [4.78, 5) is 23.0. The maximum Gasteiger partial charge on any atom is 0.305 e.